The zero-order valence-electron chi connectivity index (χ0n) is 58.3. The zero-order chi connectivity index (χ0) is 66.3. The quantitative estimate of drug-likeness (QED) is 0.0222. The third-order valence-electron chi connectivity index (χ3n) is 16.9. The van der Waals surface area contributed by atoms with Gasteiger partial charge in [-0.3, -0.25) is 37.3 Å². The number of rotatable bonds is 71. The minimum absolute atomic E-state index is 0.103. The van der Waals surface area contributed by atoms with Gasteiger partial charge < -0.3 is 33.8 Å². The van der Waals surface area contributed by atoms with Crippen molar-refractivity contribution in [3.05, 3.63) is 0 Å². The molecule has 0 spiro atoms. The lowest BCUT2D eigenvalue weighted by molar-refractivity contribution is -0.161. The molecule has 0 radical (unpaired) electrons. The van der Waals surface area contributed by atoms with Gasteiger partial charge in [-0.1, -0.05) is 317 Å². The predicted molar refractivity (Wildman–Crippen MR) is 363 cm³/mol. The van der Waals surface area contributed by atoms with Crippen molar-refractivity contribution in [3.8, 4) is 0 Å². The van der Waals surface area contributed by atoms with Crippen LogP contribution in [0.1, 0.15) is 369 Å². The summed E-state index contributed by atoms with van der Waals surface area (Å²) in [6.07, 6.45) is 51.7. The summed E-state index contributed by atoms with van der Waals surface area (Å²) in [4.78, 5) is 72.3. The number of ether oxygens (including phenoxy) is 4. The maximum atomic E-state index is 13.0. The van der Waals surface area contributed by atoms with Crippen molar-refractivity contribution in [3.63, 3.8) is 0 Å². The molecular weight excluding hydrogens is 1190 g/mol. The molecule has 0 aliphatic rings. The first kappa shape index (κ1) is 88.1. The molecule has 534 valence electrons. The highest BCUT2D eigenvalue weighted by Crippen LogP contribution is 2.45. The van der Waals surface area contributed by atoms with Gasteiger partial charge in [0.05, 0.1) is 26.4 Å². The van der Waals surface area contributed by atoms with Crippen LogP contribution in [0.25, 0.3) is 0 Å². The molecule has 0 aliphatic carbocycles. The second-order valence-electron chi connectivity index (χ2n) is 25.9. The Hall–Kier alpha value is -1.94. The lowest BCUT2D eigenvalue weighted by Gasteiger charge is -2.21. The van der Waals surface area contributed by atoms with Crippen molar-refractivity contribution in [2.24, 2.45) is 5.92 Å². The van der Waals surface area contributed by atoms with E-state index in [0.717, 1.165) is 109 Å². The molecule has 17 nitrogen and oxygen atoms in total. The number of unbranched alkanes of at least 4 members (excludes halogenated alkanes) is 42. The molecule has 6 atom stereocenters. The molecule has 0 saturated heterocycles. The first-order valence-electron chi connectivity index (χ1n) is 37.2. The van der Waals surface area contributed by atoms with E-state index < -0.39 is 97.5 Å². The van der Waals surface area contributed by atoms with Gasteiger partial charge in [-0.05, 0) is 31.6 Å². The van der Waals surface area contributed by atoms with Crippen LogP contribution in [-0.2, 0) is 65.4 Å². The normalized spacial score (nSPS) is 14.4. The zero-order valence-corrected chi connectivity index (χ0v) is 60.1. The molecule has 90 heavy (non-hydrogen) atoms. The maximum Gasteiger partial charge on any atom is 0.472 e. The summed E-state index contributed by atoms with van der Waals surface area (Å²) >= 11 is 0. The van der Waals surface area contributed by atoms with Crippen molar-refractivity contribution in [2.75, 3.05) is 39.6 Å². The number of phosphoric ester groups is 2. The monoisotopic (exact) mass is 1320 g/mol. The molecule has 0 aromatic heterocycles. The van der Waals surface area contributed by atoms with Crippen LogP contribution in [0.3, 0.4) is 0 Å². The van der Waals surface area contributed by atoms with E-state index in [1.54, 1.807) is 0 Å². The van der Waals surface area contributed by atoms with Crippen LogP contribution < -0.4 is 0 Å². The second-order valence-corrected chi connectivity index (χ2v) is 28.8. The molecule has 3 N–H and O–H groups in total. The Balaban J connectivity index is 5.11. The Bertz CT molecular complexity index is 1740. The molecular formula is C71H138O17P2. The predicted octanol–water partition coefficient (Wildman–Crippen LogP) is 20.5. The summed E-state index contributed by atoms with van der Waals surface area (Å²) in [5.41, 5.74) is 0. The molecule has 0 aliphatic heterocycles. The Kier molecular flexibility index (Phi) is 63.0. The number of phosphoric acid groups is 2. The van der Waals surface area contributed by atoms with E-state index in [9.17, 15) is 43.2 Å². The maximum absolute atomic E-state index is 13.0. The summed E-state index contributed by atoms with van der Waals surface area (Å²) in [6.45, 7) is 7.15. The lowest BCUT2D eigenvalue weighted by atomic mass is 10.00. The number of hydrogen-bond donors (Lipinski definition) is 3. The van der Waals surface area contributed by atoms with Gasteiger partial charge >= 0.3 is 39.5 Å². The van der Waals surface area contributed by atoms with Crippen LogP contribution in [0.2, 0.25) is 0 Å². The molecule has 3 unspecified atom stereocenters. The molecule has 0 aromatic rings. The van der Waals surface area contributed by atoms with Crippen LogP contribution in [0, 0.1) is 5.92 Å². The SMILES string of the molecule is CCCCCCCCCCCCCCCCCCCCCCCCC(=O)O[C@H](COC(=O)CCCCCCCCCCCCC)COP(=O)(O)OC[C@@H](O)COP(=O)(O)OC[C@@H](COC(=O)CCCCCCCCC)OC(=O)CCCCCCCCC(C)CC. The summed E-state index contributed by atoms with van der Waals surface area (Å²) in [5.74, 6) is -1.41. The van der Waals surface area contributed by atoms with E-state index in [1.807, 2.05) is 0 Å². The Morgan fingerprint density at radius 2 is 0.533 bits per heavy atom. The minimum atomic E-state index is -4.95. The van der Waals surface area contributed by atoms with Crippen LogP contribution in [-0.4, -0.2) is 96.7 Å². The first-order chi connectivity index (χ1) is 43.6. The van der Waals surface area contributed by atoms with E-state index in [-0.39, 0.29) is 25.7 Å². The van der Waals surface area contributed by atoms with Gasteiger partial charge in [0, 0.05) is 25.7 Å². The Labute approximate surface area is 549 Å². The fourth-order valence-corrected chi connectivity index (χ4v) is 12.4. The van der Waals surface area contributed by atoms with Crippen LogP contribution in [0.15, 0.2) is 0 Å². The third-order valence-corrected chi connectivity index (χ3v) is 18.8. The van der Waals surface area contributed by atoms with E-state index in [4.69, 9.17) is 37.0 Å². The van der Waals surface area contributed by atoms with Gasteiger partial charge in [0.15, 0.2) is 12.2 Å². The van der Waals surface area contributed by atoms with Gasteiger partial charge in [0.2, 0.25) is 0 Å². The standard InChI is InChI=1S/C71H138O17P2/c1-6-10-13-16-19-21-23-24-25-26-27-28-29-30-31-32-33-35-37-40-46-51-56-70(75)87-66(61-82-69(74)55-50-45-39-36-34-22-20-17-14-11-7-2)62-85-89(77,78)83-58-65(72)59-84-90(79,80)86-63-67(60-81-68(73)54-49-44-38-18-15-12-8-3)88-71(76)57-52-47-42-41-43-48-53-64(5)9-4/h64-67,72H,6-63H2,1-5H3,(H,77,78)(H,79,80)/t64?,65-,66-,67-/m1/s1. The number of carbonyl (C=O) groups is 4. The first-order valence-corrected chi connectivity index (χ1v) is 40.2. The van der Waals surface area contributed by atoms with E-state index in [1.165, 1.54) is 180 Å². The average molecular weight is 1330 g/mol. The van der Waals surface area contributed by atoms with Crippen LogP contribution >= 0.6 is 15.6 Å². The summed E-state index contributed by atoms with van der Waals surface area (Å²) in [7, 11) is -9.89. The molecule has 0 saturated carbocycles. The van der Waals surface area contributed by atoms with Gasteiger partial charge in [-0.15, -0.1) is 0 Å². The van der Waals surface area contributed by atoms with E-state index >= 15 is 0 Å². The van der Waals surface area contributed by atoms with Gasteiger partial charge in [0.1, 0.15) is 19.3 Å². The third kappa shape index (κ3) is 63.5. The van der Waals surface area contributed by atoms with Gasteiger partial charge in [-0.2, -0.15) is 0 Å². The van der Waals surface area contributed by atoms with Gasteiger partial charge in [0.25, 0.3) is 0 Å². The summed E-state index contributed by atoms with van der Waals surface area (Å²) in [6, 6.07) is 0. The molecule has 0 bridgehead atoms. The van der Waals surface area contributed by atoms with Crippen LogP contribution in [0.4, 0.5) is 0 Å². The Morgan fingerprint density at radius 1 is 0.311 bits per heavy atom. The molecule has 0 rings (SSSR count). The van der Waals surface area contributed by atoms with Crippen molar-refractivity contribution >= 4 is 39.5 Å². The molecule has 0 fully saturated rings. The minimum Gasteiger partial charge on any atom is -0.462 e. The highest BCUT2D eigenvalue weighted by atomic mass is 31.2. The fraction of sp³-hybridized carbons (Fsp3) is 0.944. The highest BCUT2D eigenvalue weighted by molar-refractivity contribution is 7.47. The average Bonchev–Trinajstić information content (AvgIpc) is 3.68. The Morgan fingerprint density at radius 3 is 0.789 bits per heavy atom. The number of carbonyl (C=O) groups excluding carboxylic acids is 4. The second kappa shape index (κ2) is 64.4. The fourth-order valence-electron chi connectivity index (χ4n) is 10.8. The van der Waals surface area contributed by atoms with E-state index in [0.29, 0.717) is 25.7 Å². The lowest BCUT2D eigenvalue weighted by Crippen LogP contribution is -2.30. The number of aliphatic hydroxyl groups excluding tert-OH is 1. The number of hydrogen-bond acceptors (Lipinski definition) is 15. The van der Waals surface area contributed by atoms with Crippen molar-refractivity contribution in [1.82, 2.24) is 0 Å². The summed E-state index contributed by atoms with van der Waals surface area (Å²) < 4.78 is 68.1. The molecule has 0 heterocycles. The summed E-state index contributed by atoms with van der Waals surface area (Å²) in [5, 5.41) is 10.6. The van der Waals surface area contributed by atoms with Gasteiger partial charge in [-0.25, -0.2) is 9.13 Å². The molecule has 0 amide bonds. The van der Waals surface area contributed by atoms with Crippen molar-refractivity contribution < 1.29 is 80.2 Å². The van der Waals surface area contributed by atoms with E-state index in [2.05, 4.69) is 34.6 Å². The largest absolute Gasteiger partial charge is 0.472 e. The number of esters is 4. The molecule has 19 heteroatoms. The highest BCUT2D eigenvalue weighted by Gasteiger charge is 2.30. The van der Waals surface area contributed by atoms with Crippen LogP contribution in [0.5, 0.6) is 0 Å². The molecule has 0 aromatic carbocycles. The van der Waals surface area contributed by atoms with Crippen molar-refractivity contribution in [2.45, 2.75) is 387 Å². The number of aliphatic hydroxyl groups is 1. The topological polar surface area (TPSA) is 237 Å². The smallest absolute Gasteiger partial charge is 0.462 e. The van der Waals surface area contributed by atoms with Crippen molar-refractivity contribution in [1.29, 1.82) is 0 Å².